The topological polar surface area (TPSA) is 0 Å². The van der Waals surface area contributed by atoms with Gasteiger partial charge in [-0.25, -0.2) is 0 Å². The van der Waals surface area contributed by atoms with Crippen LogP contribution in [0.25, 0.3) is 0 Å². The standard InChI is InChI=1S/C22H36Si/c1-2-3-6-11-20-14-16-22(17-15-20)23(18-9-5-10-19-23)21-12-7-4-8-13-21/h4,7-8,12-13,20,22H,2-3,5-6,9-11,14-19H2,1H3. The molecule has 0 N–H and O–H groups in total. The van der Waals surface area contributed by atoms with Gasteiger partial charge >= 0.3 is 0 Å². The third kappa shape index (κ3) is 4.10. The van der Waals surface area contributed by atoms with Gasteiger partial charge in [0.25, 0.3) is 0 Å². The van der Waals surface area contributed by atoms with Crippen LogP contribution in [0.4, 0.5) is 0 Å². The van der Waals surface area contributed by atoms with Crippen LogP contribution in [-0.2, 0) is 0 Å². The van der Waals surface area contributed by atoms with Crippen LogP contribution >= 0.6 is 0 Å². The maximum absolute atomic E-state index is 2.49. The van der Waals surface area contributed by atoms with E-state index < -0.39 is 8.07 Å². The second-order valence-electron chi connectivity index (χ2n) is 8.30. The molecule has 1 aromatic rings. The Balaban J connectivity index is 1.65. The van der Waals surface area contributed by atoms with Crippen LogP contribution in [0.5, 0.6) is 0 Å². The Hall–Kier alpha value is -0.563. The molecule has 0 unspecified atom stereocenters. The highest BCUT2D eigenvalue weighted by atomic mass is 28.3. The fourth-order valence-corrected chi connectivity index (χ4v) is 11.7. The fourth-order valence-electron chi connectivity index (χ4n) is 5.57. The summed E-state index contributed by atoms with van der Waals surface area (Å²) in [6.45, 7) is 2.33. The van der Waals surface area contributed by atoms with Crippen molar-refractivity contribution in [3.05, 3.63) is 30.3 Å². The Morgan fingerprint density at radius 1 is 0.870 bits per heavy atom. The maximum atomic E-state index is 2.49. The monoisotopic (exact) mass is 328 g/mol. The van der Waals surface area contributed by atoms with E-state index in [1.54, 1.807) is 30.1 Å². The van der Waals surface area contributed by atoms with Gasteiger partial charge in [0.1, 0.15) is 0 Å². The van der Waals surface area contributed by atoms with Crippen LogP contribution in [0.15, 0.2) is 30.3 Å². The summed E-state index contributed by atoms with van der Waals surface area (Å²) < 4.78 is 0. The quantitative estimate of drug-likeness (QED) is 0.404. The van der Waals surface area contributed by atoms with Gasteiger partial charge in [0, 0.05) is 0 Å². The predicted molar refractivity (Wildman–Crippen MR) is 105 cm³/mol. The van der Waals surface area contributed by atoms with E-state index in [2.05, 4.69) is 37.3 Å². The molecule has 1 aliphatic carbocycles. The van der Waals surface area contributed by atoms with Gasteiger partial charge in [-0.05, 0) is 11.5 Å². The molecule has 0 radical (unpaired) electrons. The van der Waals surface area contributed by atoms with Crippen LogP contribution < -0.4 is 5.19 Å². The molecule has 2 fully saturated rings. The van der Waals surface area contributed by atoms with Gasteiger partial charge in [-0.3, -0.25) is 0 Å². The number of unbranched alkanes of at least 4 members (excludes halogenated alkanes) is 2. The van der Waals surface area contributed by atoms with E-state index in [4.69, 9.17) is 0 Å². The molecular weight excluding hydrogens is 292 g/mol. The molecule has 1 heterocycles. The minimum absolute atomic E-state index is 1.06. The summed E-state index contributed by atoms with van der Waals surface area (Å²) in [5, 5.41) is 1.80. The molecular formula is C22H36Si. The predicted octanol–water partition coefficient (Wildman–Crippen LogP) is 6.67. The molecule has 1 saturated heterocycles. The number of rotatable bonds is 6. The molecule has 0 nitrogen and oxygen atoms in total. The molecule has 128 valence electrons. The van der Waals surface area contributed by atoms with Crippen molar-refractivity contribution in [1.29, 1.82) is 0 Å². The molecule has 2 aliphatic rings. The second-order valence-corrected chi connectivity index (χ2v) is 13.0. The highest BCUT2D eigenvalue weighted by molar-refractivity contribution is 6.93. The zero-order valence-corrected chi connectivity index (χ0v) is 16.2. The molecule has 0 aromatic heterocycles. The molecule has 1 heteroatoms. The Morgan fingerprint density at radius 3 is 2.22 bits per heavy atom. The lowest BCUT2D eigenvalue weighted by molar-refractivity contribution is 0.324. The normalized spacial score (nSPS) is 27.7. The average molecular weight is 329 g/mol. The molecule has 1 aromatic carbocycles. The van der Waals surface area contributed by atoms with Gasteiger partial charge < -0.3 is 0 Å². The number of hydrogen-bond donors (Lipinski definition) is 0. The SMILES string of the molecule is CCCCCC1CCC([Si]2(c3ccccc3)CCCCC2)CC1. The van der Waals surface area contributed by atoms with Crippen molar-refractivity contribution in [1.82, 2.24) is 0 Å². The van der Waals surface area contributed by atoms with Gasteiger partial charge in [0.2, 0.25) is 0 Å². The Bertz CT molecular complexity index is 438. The molecule has 0 bridgehead atoms. The van der Waals surface area contributed by atoms with E-state index in [1.165, 1.54) is 57.8 Å². The third-order valence-corrected chi connectivity index (χ3v) is 13.1. The number of benzene rings is 1. The zero-order chi connectivity index (χ0) is 16.0. The lowest BCUT2D eigenvalue weighted by atomic mass is 9.85. The van der Waals surface area contributed by atoms with Gasteiger partial charge in [-0.2, -0.15) is 0 Å². The minimum Gasteiger partial charge on any atom is -0.0654 e. The summed E-state index contributed by atoms with van der Waals surface area (Å²) in [5.41, 5.74) is 1.09. The highest BCUT2D eigenvalue weighted by Gasteiger charge is 2.44. The molecule has 0 spiro atoms. The summed E-state index contributed by atoms with van der Waals surface area (Å²) >= 11 is 0. The van der Waals surface area contributed by atoms with Crippen LogP contribution in [0, 0.1) is 5.92 Å². The van der Waals surface area contributed by atoms with Gasteiger partial charge in [0.05, 0.1) is 8.07 Å². The van der Waals surface area contributed by atoms with E-state index >= 15 is 0 Å². The van der Waals surface area contributed by atoms with E-state index in [9.17, 15) is 0 Å². The zero-order valence-electron chi connectivity index (χ0n) is 15.2. The largest absolute Gasteiger partial charge is 0.0897 e. The van der Waals surface area contributed by atoms with Gasteiger partial charge in [-0.1, -0.05) is 125 Å². The lowest BCUT2D eigenvalue weighted by Gasteiger charge is -2.45. The molecule has 0 atom stereocenters. The van der Waals surface area contributed by atoms with Crippen molar-refractivity contribution >= 4 is 13.3 Å². The minimum atomic E-state index is -1.23. The summed E-state index contributed by atoms with van der Waals surface area (Å²) in [6.07, 6.45) is 16.5. The first-order valence-electron chi connectivity index (χ1n) is 10.4. The molecule has 1 aliphatic heterocycles. The smallest absolute Gasteiger partial charge is 0.0654 e. The fraction of sp³-hybridized carbons (Fsp3) is 0.727. The third-order valence-electron chi connectivity index (χ3n) is 6.94. The summed E-state index contributed by atoms with van der Waals surface area (Å²) in [6, 6.07) is 15.0. The molecule has 3 rings (SSSR count). The summed E-state index contributed by atoms with van der Waals surface area (Å²) in [4.78, 5) is 0. The Labute approximate surface area is 145 Å². The van der Waals surface area contributed by atoms with Crippen molar-refractivity contribution in [2.75, 3.05) is 0 Å². The Kier molecular flexibility index (Phi) is 6.39. The average Bonchev–Trinajstić information content (AvgIpc) is 2.64. The van der Waals surface area contributed by atoms with Crippen molar-refractivity contribution in [3.63, 3.8) is 0 Å². The van der Waals surface area contributed by atoms with Crippen LogP contribution in [0.2, 0.25) is 17.6 Å². The van der Waals surface area contributed by atoms with Crippen molar-refractivity contribution in [3.8, 4) is 0 Å². The molecule has 0 amide bonds. The van der Waals surface area contributed by atoms with E-state index in [1.807, 2.05) is 0 Å². The van der Waals surface area contributed by atoms with Gasteiger partial charge in [0.15, 0.2) is 0 Å². The summed E-state index contributed by atoms with van der Waals surface area (Å²) in [5.74, 6) is 1.06. The van der Waals surface area contributed by atoms with Crippen LogP contribution in [-0.4, -0.2) is 8.07 Å². The first-order valence-corrected chi connectivity index (χ1v) is 12.9. The highest BCUT2D eigenvalue weighted by Crippen LogP contribution is 2.46. The van der Waals surface area contributed by atoms with Crippen LogP contribution in [0.1, 0.15) is 77.6 Å². The van der Waals surface area contributed by atoms with E-state index in [-0.39, 0.29) is 0 Å². The molecule has 1 saturated carbocycles. The van der Waals surface area contributed by atoms with Crippen molar-refractivity contribution in [2.24, 2.45) is 5.92 Å². The van der Waals surface area contributed by atoms with Crippen molar-refractivity contribution < 1.29 is 0 Å². The first-order chi connectivity index (χ1) is 11.3. The Morgan fingerprint density at radius 2 is 1.57 bits per heavy atom. The van der Waals surface area contributed by atoms with Crippen LogP contribution in [0.3, 0.4) is 0 Å². The second kappa shape index (κ2) is 8.51. The van der Waals surface area contributed by atoms with Gasteiger partial charge in [-0.15, -0.1) is 0 Å². The van der Waals surface area contributed by atoms with Crippen molar-refractivity contribution in [2.45, 2.75) is 95.2 Å². The molecule has 23 heavy (non-hydrogen) atoms. The van der Waals surface area contributed by atoms with E-state index in [0.717, 1.165) is 11.5 Å². The lowest BCUT2D eigenvalue weighted by Crippen LogP contribution is -2.53. The number of hydrogen-bond acceptors (Lipinski definition) is 0. The maximum Gasteiger partial charge on any atom is 0.0897 e. The van der Waals surface area contributed by atoms with E-state index in [0.29, 0.717) is 0 Å². The first kappa shape index (κ1) is 17.3. The summed E-state index contributed by atoms with van der Waals surface area (Å²) in [7, 11) is -1.23.